The van der Waals surface area contributed by atoms with Crippen LogP contribution in [0, 0.1) is 0 Å². The van der Waals surface area contributed by atoms with Crippen molar-refractivity contribution in [2.45, 2.75) is 32.1 Å². The molecule has 0 bridgehead atoms. The van der Waals surface area contributed by atoms with E-state index in [4.69, 9.17) is 31.1 Å². The lowest BCUT2D eigenvalue weighted by molar-refractivity contribution is 0.0678. The highest BCUT2D eigenvalue weighted by molar-refractivity contribution is 8.76. The number of aromatic nitrogens is 4. The van der Waals surface area contributed by atoms with E-state index in [0.717, 1.165) is 17.9 Å². The first kappa shape index (κ1) is 23.7. The molecule has 1 saturated heterocycles. The Morgan fingerprint density at radius 1 is 1.28 bits per heavy atom. The average Bonchev–Trinajstić information content (AvgIpc) is 3.19. The molecule has 3 atom stereocenters. The molecule has 2 N–H and O–H groups in total. The van der Waals surface area contributed by atoms with Crippen LogP contribution in [0.15, 0.2) is 36.9 Å². The van der Waals surface area contributed by atoms with Gasteiger partial charge in [0, 0.05) is 16.5 Å². The molecular weight excluding hydrogens is 493 g/mol. The number of halogens is 1. The van der Waals surface area contributed by atoms with Crippen molar-refractivity contribution in [2.24, 2.45) is 0 Å². The van der Waals surface area contributed by atoms with Gasteiger partial charge in [0.05, 0.1) is 25.1 Å². The van der Waals surface area contributed by atoms with Gasteiger partial charge in [-0.15, -0.1) is 0 Å². The molecule has 0 saturated carbocycles. The van der Waals surface area contributed by atoms with Crippen molar-refractivity contribution in [1.29, 1.82) is 0 Å². The van der Waals surface area contributed by atoms with E-state index in [1.165, 1.54) is 6.33 Å². The lowest BCUT2D eigenvalue weighted by Gasteiger charge is -2.27. The Balaban J connectivity index is 1.43. The molecule has 2 aromatic heterocycles. The summed E-state index contributed by atoms with van der Waals surface area (Å²) in [5, 5.41) is 0.565. The number of ether oxygens (including phenoxy) is 1. The Kier molecular flexibility index (Phi) is 7.86. The van der Waals surface area contributed by atoms with Gasteiger partial charge >= 0.3 is 7.60 Å². The van der Waals surface area contributed by atoms with Crippen LogP contribution in [-0.2, 0) is 20.4 Å². The van der Waals surface area contributed by atoms with E-state index < -0.39 is 7.60 Å². The molecule has 1 aliphatic heterocycles. The van der Waals surface area contributed by atoms with Gasteiger partial charge in [-0.2, -0.15) is 0 Å². The summed E-state index contributed by atoms with van der Waals surface area (Å²) in [7, 11) is -0.0928. The molecule has 0 spiro atoms. The van der Waals surface area contributed by atoms with Gasteiger partial charge in [-0.25, -0.2) is 19.5 Å². The van der Waals surface area contributed by atoms with Gasteiger partial charge in [0.15, 0.2) is 17.8 Å². The quantitative estimate of drug-likeness (QED) is 0.312. The molecule has 3 heterocycles. The second-order valence-corrected chi connectivity index (χ2v) is 12.2. The summed E-state index contributed by atoms with van der Waals surface area (Å²) in [6.45, 7) is 2.31. The summed E-state index contributed by atoms with van der Waals surface area (Å²) >= 11 is 5.95. The summed E-state index contributed by atoms with van der Waals surface area (Å²) in [6.07, 6.45) is 3.18. The fraction of sp³-hybridized carbons (Fsp3) is 0.421. The van der Waals surface area contributed by atoms with Crippen LogP contribution in [0.5, 0.6) is 5.75 Å². The molecule has 1 aromatic carbocycles. The summed E-state index contributed by atoms with van der Waals surface area (Å²) < 4.78 is 33.1. The molecule has 13 heteroatoms. The molecule has 4 rings (SSSR count). The fourth-order valence-corrected chi connectivity index (χ4v) is 7.31. The van der Waals surface area contributed by atoms with E-state index in [2.05, 4.69) is 15.0 Å². The van der Waals surface area contributed by atoms with Gasteiger partial charge in [0.1, 0.15) is 17.6 Å². The Morgan fingerprint density at radius 2 is 2.09 bits per heavy atom. The second kappa shape index (κ2) is 10.6. The van der Waals surface area contributed by atoms with Crippen molar-refractivity contribution in [2.75, 3.05) is 23.6 Å². The lowest BCUT2D eigenvalue weighted by Crippen LogP contribution is -2.23. The van der Waals surface area contributed by atoms with Crippen LogP contribution < -0.4 is 10.3 Å². The van der Waals surface area contributed by atoms with Crippen LogP contribution in [0.25, 0.3) is 11.2 Å². The van der Waals surface area contributed by atoms with Crippen molar-refractivity contribution < 1.29 is 18.3 Å². The van der Waals surface area contributed by atoms with Crippen LogP contribution in [0.3, 0.4) is 0 Å². The number of nitrogens with zero attached hydrogens (tertiary/aromatic N) is 4. The highest BCUT2D eigenvalue weighted by Gasteiger charge is 2.33. The van der Waals surface area contributed by atoms with Gasteiger partial charge in [-0.3, -0.25) is 4.52 Å². The van der Waals surface area contributed by atoms with Crippen LogP contribution in [0.4, 0.5) is 5.82 Å². The van der Waals surface area contributed by atoms with E-state index >= 15 is 0 Å². The van der Waals surface area contributed by atoms with Crippen molar-refractivity contribution >= 4 is 57.8 Å². The zero-order valence-corrected chi connectivity index (χ0v) is 20.6. The molecular formula is C19H23ClN5O4PS2. The summed E-state index contributed by atoms with van der Waals surface area (Å²) in [5.74, 6) is 2.42. The number of nitrogen functional groups attached to an aromatic ring is 1. The Bertz CT molecular complexity index is 1100. The topological polar surface area (TPSA) is 114 Å². The summed E-state index contributed by atoms with van der Waals surface area (Å²) in [5.41, 5.74) is 7.00. The minimum Gasteiger partial charge on any atom is -0.423 e. The molecule has 172 valence electrons. The minimum atomic E-state index is -3.58. The second-order valence-electron chi connectivity index (χ2n) is 7.21. The molecule has 0 aliphatic carbocycles. The molecule has 1 fully saturated rings. The smallest absolute Gasteiger partial charge is 0.404 e. The molecule has 1 aliphatic rings. The Morgan fingerprint density at radius 3 is 2.84 bits per heavy atom. The van der Waals surface area contributed by atoms with Gasteiger partial charge in [0.2, 0.25) is 0 Å². The molecule has 9 nitrogen and oxygen atoms in total. The first-order chi connectivity index (χ1) is 15.4. The van der Waals surface area contributed by atoms with E-state index in [0.29, 0.717) is 34.3 Å². The Labute approximate surface area is 198 Å². The average molecular weight is 516 g/mol. The maximum absolute atomic E-state index is 13.6. The molecule has 0 radical (unpaired) electrons. The highest BCUT2D eigenvalue weighted by Crippen LogP contribution is 2.51. The molecule has 3 aromatic rings. The van der Waals surface area contributed by atoms with E-state index in [1.807, 2.05) is 11.5 Å². The number of rotatable bonds is 9. The van der Waals surface area contributed by atoms with Gasteiger partial charge in [-0.05, 0) is 37.6 Å². The predicted molar refractivity (Wildman–Crippen MR) is 129 cm³/mol. The number of hydrogen-bond acceptors (Lipinski definition) is 10. The minimum absolute atomic E-state index is 0.157. The number of benzene rings is 1. The number of imidazole rings is 1. The monoisotopic (exact) mass is 515 g/mol. The molecule has 0 amide bonds. The van der Waals surface area contributed by atoms with Gasteiger partial charge < -0.3 is 19.6 Å². The SMILES string of the molecule is CC(Cn1cnc2c(N)ncnc21)OCP(=O)(Oc1ccc(Cl)cc1)OC1CCSSC1. The van der Waals surface area contributed by atoms with E-state index in [1.54, 1.807) is 52.2 Å². The predicted octanol–water partition coefficient (Wildman–Crippen LogP) is 4.87. The largest absolute Gasteiger partial charge is 0.423 e. The molecule has 32 heavy (non-hydrogen) atoms. The number of fused-ring (bicyclic) bond motifs is 1. The lowest BCUT2D eigenvalue weighted by atomic mass is 10.3. The number of anilines is 1. The van der Waals surface area contributed by atoms with Gasteiger partial charge in [0.25, 0.3) is 0 Å². The third kappa shape index (κ3) is 6.09. The van der Waals surface area contributed by atoms with Crippen molar-refractivity contribution in [3.05, 3.63) is 41.9 Å². The fourth-order valence-electron chi connectivity index (χ4n) is 3.07. The Hall–Kier alpha value is -1.49. The normalized spacial score (nSPS) is 19.5. The first-order valence-corrected chi connectivity index (χ1v) is 14.5. The third-order valence-corrected chi connectivity index (χ3v) is 8.94. The van der Waals surface area contributed by atoms with Crippen molar-refractivity contribution in [3.8, 4) is 5.75 Å². The summed E-state index contributed by atoms with van der Waals surface area (Å²) in [4.78, 5) is 12.4. The van der Waals surface area contributed by atoms with Crippen molar-refractivity contribution in [1.82, 2.24) is 19.5 Å². The van der Waals surface area contributed by atoms with E-state index in [-0.39, 0.29) is 18.6 Å². The standard InChI is InChI=1S/C19H23ClN5O4PS2/c1-13(8-25-11-24-17-18(21)22-10-23-19(17)25)27-12-30(26,29-16-6-7-31-32-9-16)28-15-4-2-14(20)3-5-15/h2-5,10-11,13,16H,6-9,12H2,1H3,(H2,21,22,23). The summed E-state index contributed by atoms with van der Waals surface area (Å²) in [6, 6.07) is 6.68. The third-order valence-electron chi connectivity index (χ3n) is 4.63. The number of hydrogen-bond donors (Lipinski definition) is 1. The molecule has 3 unspecified atom stereocenters. The maximum Gasteiger partial charge on any atom is 0.404 e. The zero-order valence-electron chi connectivity index (χ0n) is 17.3. The maximum atomic E-state index is 13.6. The van der Waals surface area contributed by atoms with Crippen LogP contribution in [0.1, 0.15) is 13.3 Å². The van der Waals surface area contributed by atoms with E-state index in [9.17, 15) is 4.57 Å². The highest BCUT2D eigenvalue weighted by atomic mass is 35.5. The van der Waals surface area contributed by atoms with Crippen LogP contribution in [-0.4, -0.2) is 49.6 Å². The first-order valence-electron chi connectivity index (χ1n) is 9.92. The van der Waals surface area contributed by atoms with Gasteiger partial charge in [-0.1, -0.05) is 33.2 Å². The van der Waals surface area contributed by atoms with Crippen molar-refractivity contribution in [3.63, 3.8) is 0 Å². The van der Waals surface area contributed by atoms with Crippen LogP contribution in [0.2, 0.25) is 5.02 Å². The zero-order chi connectivity index (χ0) is 22.6. The number of nitrogens with two attached hydrogens (primary N) is 1. The van der Waals surface area contributed by atoms with Crippen LogP contribution >= 0.6 is 40.8 Å².